The zero-order chi connectivity index (χ0) is 14.2. The number of hydrogen-bond donors (Lipinski definition) is 1. The minimum Gasteiger partial charge on any atom is -0.465 e. The summed E-state index contributed by atoms with van der Waals surface area (Å²) in [6, 6.07) is 12.1. The Morgan fingerprint density at radius 2 is 2.10 bits per heavy atom. The van der Waals surface area contributed by atoms with E-state index in [1.165, 1.54) is 10.4 Å². The average molecular weight is 289 g/mol. The predicted octanol–water partition coefficient (Wildman–Crippen LogP) is 3.64. The number of ether oxygens (including phenoxy) is 1. The lowest BCUT2D eigenvalue weighted by molar-refractivity contribution is -0.143. The molecule has 0 aliphatic carbocycles. The Hall–Kier alpha value is -1.81. The second kappa shape index (κ2) is 7.70. The highest BCUT2D eigenvalue weighted by molar-refractivity contribution is 7.09. The molecule has 0 aliphatic heterocycles. The first-order chi connectivity index (χ1) is 9.75. The Morgan fingerprint density at radius 1 is 1.25 bits per heavy atom. The average Bonchev–Trinajstić information content (AvgIpc) is 2.94. The van der Waals surface area contributed by atoms with Gasteiger partial charge in [-0.3, -0.25) is 4.79 Å². The first-order valence-corrected chi connectivity index (χ1v) is 7.61. The van der Waals surface area contributed by atoms with Crippen molar-refractivity contribution in [1.82, 2.24) is 0 Å². The van der Waals surface area contributed by atoms with Gasteiger partial charge >= 0.3 is 5.97 Å². The maximum Gasteiger partial charge on any atom is 0.307 e. The monoisotopic (exact) mass is 289 g/mol. The second-order valence-electron chi connectivity index (χ2n) is 4.54. The van der Waals surface area contributed by atoms with E-state index in [2.05, 4.69) is 11.4 Å². The summed E-state index contributed by atoms with van der Waals surface area (Å²) in [6.07, 6.45) is 1.19. The molecule has 0 amide bonds. The molecule has 0 spiro atoms. The number of aryl methyl sites for hydroxylation is 1. The number of carbonyl (C=O) groups is 1. The highest BCUT2D eigenvalue weighted by Gasteiger charge is 2.04. The summed E-state index contributed by atoms with van der Waals surface area (Å²) in [5.74, 6) is -0.150. The van der Waals surface area contributed by atoms with E-state index in [0.717, 1.165) is 12.1 Å². The molecule has 0 unspecified atom stereocenters. The van der Waals surface area contributed by atoms with Crippen LogP contribution in [0.1, 0.15) is 16.9 Å². The van der Waals surface area contributed by atoms with E-state index >= 15 is 0 Å². The third-order valence-corrected chi connectivity index (χ3v) is 3.92. The Balaban J connectivity index is 1.62. The fourth-order valence-electron chi connectivity index (χ4n) is 1.86. The molecule has 1 heterocycles. The van der Waals surface area contributed by atoms with Crippen molar-refractivity contribution in [2.24, 2.45) is 0 Å². The number of thiophene rings is 1. The van der Waals surface area contributed by atoms with Gasteiger partial charge in [-0.1, -0.05) is 24.3 Å². The van der Waals surface area contributed by atoms with E-state index in [4.69, 9.17) is 4.74 Å². The van der Waals surface area contributed by atoms with Crippen LogP contribution in [0.5, 0.6) is 0 Å². The van der Waals surface area contributed by atoms with Crippen LogP contribution in [0.15, 0.2) is 41.8 Å². The number of hydrogen-bond acceptors (Lipinski definition) is 4. The van der Waals surface area contributed by atoms with Gasteiger partial charge in [0.25, 0.3) is 0 Å². The van der Waals surface area contributed by atoms with Crippen LogP contribution in [0.2, 0.25) is 0 Å². The van der Waals surface area contributed by atoms with Gasteiger partial charge < -0.3 is 10.1 Å². The second-order valence-corrected chi connectivity index (χ2v) is 5.57. The first kappa shape index (κ1) is 14.6. The molecule has 2 rings (SSSR count). The van der Waals surface area contributed by atoms with E-state index in [1.54, 1.807) is 11.3 Å². The molecular weight excluding hydrogens is 270 g/mol. The van der Waals surface area contributed by atoms with E-state index in [-0.39, 0.29) is 5.97 Å². The van der Waals surface area contributed by atoms with Crippen LogP contribution in [0.4, 0.5) is 5.69 Å². The number of carbonyl (C=O) groups excluding carboxylic acids is 1. The van der Waals surface area contributed by atoms with Crippen molar-refractivity contribution >= 4 is 23.0 Å². The van der Waals surface area contributed by atoms with Gasteiger partial charge in [-0.15, -0.1) is 11.3 Å². The molecule has 0 bridgehead atoms. The van der Waals surface area contributed by atoms with Crippen molar-refractivity contribution in [3.63, 3.8) is 0 Å². The molecule has 20 heavy (non-hydrogen) atoms. The Morgan fingerprint density at radius 3 is 2.85 bits per heavy atom. The zero-order valence-corrected chi connectivity index (χ0v) is 12.4. The summed E-state index contributed by atoms with van der Waals surface area (Å²) in [6.45, 7) is 3.11. The fourth-order valence-corrected chi connectivity index (χ4v) is 2.55. The summed E-state index contributed by atoms with van der Waals surface area (Å²) >= 11 is 1.69. The largest absolute Gasteiger partial charge is 0.465 e. The lowest BCUT2D eigenvalue weighted by Crippen LogP contribution is -2.13. The van der Waals surface area contributed by atoms with E-state index in [0.29, 0.717) is 19.6 Å². The summed E-state index contributed by atoms with van der Waals surface area (Å²) < 4.78 is 5.21. The van der Waals surface area contributed by atoms with Crippen molar-refractivity contribution in [3.05, 3.63) is 52.2 Å². The number of para-hydroxylation sites is 1. The van der Waals surface area contributed by atoms with Gasteiger partial charge in [0.2, 0.25) is 0 Å². The van der Waals surface area contributed by atoms with Gasteiger partial charge in [-0.25, -0.2) is 0 Å². The molecule has 1 aromatic heterocycles. The topological polar surface area (TPSA) is 38.3 Å². The fraction of sp³-hybridized carbons (Fsp3) is 0.312. The molecule has 0 saturated heterocycles. The van der Waals surface area contributed by atoms with Gasteiger partial charge in [0, 0.05) is 23.5 Å². The molecular formula is C16H19NO2S. The summed E-state index contributed by atoms with van der Waals surface area (Å²) in [5.41, 5.74) is 2.25. The number of benzene rings is 1. The molecule has 0 aliphatic rings. The molecule has 0 fully saturated rings. The van der Waals surface area contributed by atoms with Gasteiger partial charge in [-0.05, 0) is 30.0 Å². The Bertz CT molecular complexity index is 537. The van der Waals surface area contributed by atoms with Crippen LogP contribution in [-0.2, 0) is 16.0 Å². The molecule has 106 valence electrons. The molecule has 1 aromatic carbocycles. The van der Waals surface area contributed by atoms with Crippen molar-refractivity contribution in [3.8, 4) is 0 Å². The highest BCUT2D eigenvalue weighted by atomic mass is 32.1. The summed E-state index contributed by atoms with van der Waals surface area (Å²) in [5, 5.41) is 5.28. The number of esters is 1. The number of anilines is 1. The molecule has 0 radical (unpaired) electrons. The van der Waals surface area contributed by atoms with Gasteiger partial charge in [0.05, 0.1) is 13.0 Å². The maximum absolute atomic E-state index is 11.6. The van der Waals surface area contributed by atoms with Crippen LogP contribution in [0, 0.1) is 6.92 Å². The first-order valence-electron chi connectivity index (χ1n) is 6.73. The van der Waals surface area contributed by atoms with Gasteiger partial charge in [-0.2, -0.15) is 0 Å². The van der Waals surface area contributed by atoms with Crippen molar-refractivity contribution in [2.45, 2.75) is 19.8 Å². The molecule has 0 atom stereocenters. The quantitative estimate of drug-likeness (QED) is 0.791. The Labute approximate surface area is 123 Å². The summed E-state index contributed by atoms with van der Waals surface area (Å²) in [7, 11) is 0. The van der Waals surface area contributed by atoms with Crippen LogP contribution < -0.4 is 5.32 Å². The highest BCUT2D eigenvalue weighted by Crippen LogP contribution is 2.13. The zero-order valence-electron chi connectivity index (χ0n) is 11.6. The number of nitrogens with one attached hydrogen (secondary N) is 1. The number of rotatable bonds is 7. The normalized spacial score (nSPS) is 10.2. The third kappa shape index (κ3) is 4.70. The minimum atomic E-state index is -0.150. The van der Waals surface area contributed by atoms with Crippen LogP contribution in [0.25, 0.3) is 0 Å². The molecule has 2 aromatic rings. The molecule has 3 nitrogen and oxygen atoms in total. The van der Waals surface area contributed by atoms with Crippen molar-refractivity contribution in [1.29, 1.82) is 0 Å². The van der Waals surface area contributed by atoms with Crippen molar-refractivity contribution < 1.29 is 9.53 Å². The van der Waals surface area contributed by atoms with Gasteiger partial charge in [0.1, 0.15) is 0 Å². The van der Waals surface area contributed by atoms with Gasteiger partial charge in [0.15, 0.2) is 0 Å². The van der Waals surface area contributed by atoms with E-state index < -0.39 is 0 Å². The SMILES string of the molecule is Cc1ccccc1NCCC(=O)OCCc1cccs1. The Kier molecular flexibility index (Phi) is 5.62. The molecule has 4 heteroatoms. The minimum absolute atomic E-state index is 0.150. The lowest BCUT2D eigenvalue weighted by Gasteiger charge is -2.09. The lowest BCUT2D eigenvalue weighted by atomic mass is 10.2. The molecule has 1 N–H and O–H groups in total. The third-order valence-electron chi connectivity index (χ3n) is 2.98. The van der Waals surface area contributed by atoms with Crippen LogP contribution in [-0.4, -0.2) is 19.1 Å². The van der Waals surface area contributed by atoms with Crippen molar-refractivity contribution in [2.75, 3.05) is 18.5 Å². The molecule has 0 saturated carbocycles. The van der Waals surface area contributed by atoms with Crippen LogP contribution >= 0.6 is 11.3 Å². The van der Waals surface area contributed by atoms with E-state index in [9.17, 15) is 4.79 Å². The maximum atomic E-state index is 11.6. The smallest absolute Gasteiger partial charge is 0.307 e. The van der Waals surface area contributed by atoms with E-state index in [1.807, 2.05) is 42.6 Å². The van der Waals surface area contributed by atoms with Crippen LogP contribution in [0.3, 0.4) is 0 Å². The standard InChI is InChI=1S/C16H19NO2S/c1-13-5-2-3-7-15(13)17-10-8-16(18)19-11-9-14-6-4-12-20-14/h2-7,12,17H,8-11H2,1H3. The summed E-state index contributed by atoms with van der Waals surface area (Å²) in [4.78, 5) is 12.8. The predicted molar refractivity (Wildman–Crippen MR) is 83.3 cm³/mol.